The molecule has 2 heteroatoms. The fourth-order valence-corrected chi connectivity index (χ4v) is 2.92. The van der Waals surface area contributed by atoms with Gasteiger partial charge < -0.3 is 4.74 Å². The third-order valence-corrected chi connectivity index (χ3v) is 3.92. The number of hydrogen-bond acceptors (Lipinski definition) is 1. The monoisotopic (exact) mass is 276 g/mol. The van der Waals surface area contributed by atoms with Crippen LogP contribution in [0.25, 0.3) is 0 Å². The second kappa shape index (κ2) is 8.58. The predicted molar refractivity (Wildman–Crippen MR) is 69.6 cm³/mol. The highest BCUT2D eigenvalue weighted by Crippen LogP contribution is 2.30. The van der Waals surface area contributed by atoms with Crippen LogP contribution in [-0.2, 0) is 4.74 Å². The molecule has 0 amide bonds. The maximum Gasteiger partial charge on any atom is 0.0603 e. The molecular formula is C13H25BrO. The van der Waals surface area contributed by atoms with Crippen LogP contribution in [0.2, 0.25) is 0 Å². The van der Waals surface area contributed by atoms with Crippen LogP contribution in [0.1, 0.15) is 58.3 Å². The maximum absolute atomic E-state index is 6.03. The van der Waals surface area contributed by atoms with Crippen molar-refractivity contribution in [2.75, 3.05) is 11.9 Å². The van der Waals surface area contributed by atoms with Crippen molar-refractivity contribution in [2.45, 2.75) is 64.4 Å². The average Bonchev–Trinajstić information content (AvgIpc) is 2.27. The Morgan fingerprint density at radius 1 is 1.20 bits per heavy atom. The van der Waals surface area contributed by atoms with Gasteiger partial charge in [-0.2, -0.15) is 0 Å². The minimum Gasteiger partial charge on any atom is -0.378 e. The lowest BCUT2D eigenvalue weighted by molar-refractivity contribution is -0.0146. The molecule has 1 rings (SSSR count). The molecular weight excluding hydrogens is 252 g/mol. The van der Waals surface area contributed by atoms with Crippen LogP contribution in [0.5, 0.6) is 0 Å². The first-order valence-electron chi connectivity index (χ1n) is 6.56. The lowest BCUT2D eigenvalue weighted by atomic mass is 9.83. The molecule has 0 bridgehead atoms. The van der Waals surface area contributed by atoms with E-state index in [4.69, 9.17) is 4.74 Å². The molecule has 1 saturated carbocycles. The van der Waals surface area contributed by atoms with Crippen LogP contribution in [0.3, 0.4) is 0 Å². The third-order valence-electron chi connectivity index (χ3n) is 3.36. The maximum atomic E-state index is 6.03. The summed E-state index contributed by atoms with van der Waals surface area (Å²) >= 11 is 3.46. The van der Waals surface area contributed by atoms with Gasteiger partial charge in [0.15, 0.2) is 0 Å². The van der Waals surface area contributed by atoms with Gasteiger partial charge in [0, 0.05) is 11.9 Å². The van der Waals surface area contributed by atoms with Crippen LogP contribution >= 0.6 is 15.9 Å². The van der Waals surface area contributed by atoms with E-state index in [9.17, 15) is 0 Å². The molecule has 0 aromatic carbocycles. The van der Waals surface area contributed by atoms with Crippen LogP contribution in [0.4, 0.5) is 0 Å². The number of unbranched alkanes of at least 4 members (excludes halogenated alkanes) is 1. The molecule has 0 aromatic rings. The minimum absolute atomic E-state index is 0.578. The zero-order chi connectivity index (χ0) is 10.9. The van der Waals surface area contributed by atoms with Crippen molar-refractivity contribution in [3.05, 3.63) is 0 Å². The van der Waals surface area contributed by atoms with Crippen LogP contribution in [-0.4, -0.2) is 18.0 Å². The molecule has 2 unspecified atom stereocenters. The summed E-state index contributed by atoms with van der Waals surface area (Å²) in [6, 6.07) is 0. The number of rotatable bonds is 7. The highest BCUT2D eigenvalue weighted by Gasteiger charge is 2.24. The Labute approximate surface area is 103 Å². The van der Waals surface area contributed by atoms with Crippen molar-refractivity contribution >= 4 is 15.9 Å². The van der Waals surface area contributed by atoms with Crippen molar-refractivity contribution in [3.63, 3.8) is 0 Å². The van der Waals surface area contributed by atoms with Crippen molar-refractivity contribution in [1.29, 1.82) is 0 Å². The summed E-state index contributed by atoms with van der Waals surface area (Å²) in [5.74, 6) is 0.854. The van der Waals surface area contributed by atoms with Gasteiger partial charge in [-0.3, -0.25) is 0 Å². The van der Waals surface area contributed by atoms with Gasteiger partial charge >= 0.3 is 0 Å². The molecule has 1 aliphatic rings. The second-order valence-electron chi connectivity index (χ2n) is 4.64. The largest absolute Gasteiger partial charge is 0.378 e. The quantitative estimate of drug-likeness (QED) is 0.490. The van der Waals surface area contributed by atoms with Crippen molar-refractivity contribution in [1.82, 2.24) is 0 Å². The Morgan fingerprint density at radius 2 is 2.00 bits per heavy atom. The van der Waals surface area contributed by atoms with E-state index in [1.54, 1.807) is 0 Å². The molecule has 0 aliphatic heterocycles. The molecule has 15 heavy (non-hydrogen) atoms. The Hall–Kier alpha value is 0.440. The molecule has 0 spiro atoms. The molecule has 1 nitrogen and oxygen atoms in total. The Kier molecular flexibility index (Phi) is 7.72. The summed E-state index contributed by atoms with van der Waals surface area (Å²) in [6.45, 7) is 3.26. The minimum atomic E-state index is 0.578. The second-order valence-corrected chi connectivity index (χ2v) is 5.43. The molecule has 0 N–H and O–H groups in total. The summed E-state index contributed by atoms with van der Waals surface area (Å²) in [5, 5.41) is 1.11. The first kappa shape index (κ1) is 13.5. The van der Waals surface area contributed by atoms with Gasteiger partial charge in [-0.25, -0.2) is 0 Å². The van der Waals surface area contributed by atoms with E-state index >= 15 is 0 Å². The third kappa shape index (κ3) is 5.35. The smallest absolute Gasteiger partial charge is 0.0603 e. The summed E-state index contributed by atoms with van der Waals surface area (Å²) in [4.78, 5) is 0. The normalized spacial score (nSPS) is 26.8. The van der Waals surface area contributed by atoms with Gasteiger partial charge in [0.25, 0.3) is 0 Å². The molecule has 1 aliphatic carbocycles. The van der Waals surface area contributed by atoms with E-state index in [-0.39, 0.29) is 0 Å². The SMILES string of the molecule is CCCC1CCCCC1OCCCCBr. The van der Waals surface area contributed by atoms with Crippen LogP contribution < -0.4 is 0 Å². The Balaban J connectivity index is 2.17. The number of alkyl halides is 1. The van der Waals surface area contributed by atoms with Gasteiger partial charge in [-0.1, -0.05) is 42.1 Å². The van der Waals surface area contributed by atoms with E-state index in [0.29, 0.717) is 6.10 Å². The summed E-state index contributed by atoms with van der Waals surface area (Å²) in [5.41, 5.74) is 0. The molecule has 0 radical (unpaired) electrons. The Bertz CT molecular complexity index is 147. The number of hydrogen-bond donors (Lipinski definition) is 0. The van der Waals surface area contributed by atoms with Crippen LogP contribution in [0, 0.1) is 5.92 Å². The first-order valence-corrected chi connectivity index (χ1v) is 7.68. The molecule has 0 heterocycles. The van der Waals surface area contributed by atoms with E-state index in [1.165, 1.54) is 51.4 Å². The van der Waals surface area contributed by atoms with E-state index in [2.05, 4.69) is 22.9 Å². The van der Waals surface area contributed by atoms with Crippen molar-refractivity contribution in [2.24, 2.45) is 5.92 Å². The zero-order valence-corrected chi connectivity index (χ0v) is 11.6. The van der Waals surface area contributed by atoms with Gasteiger partial charge in [0.2, 0.25) is 0 Å². The Morgan fingerprint density at radius 3 is 2.73 bits per heavy atom. The standard InChI is InChI=1S/C13H25BrO/c1-2-7-12-8-3-4-9-13(12)15-11-6-5-10-14/h12-13H,2-11H2,1H3. The summed E-state index contributed by atoms with van der Waals surface area (Å²) in [6.07, 6.45) is 11.2. The van der Waals surface area contributed by atoms with Crippen LogP contribution in [0.15, 0.2) is 0 Å². The fourth-order valence-electron chi connectivity index (χ4n) is 2.53. The lowest BCUT2D eigenvalue weighted by Crippen LogP contribution is -2.28. The first-order chi connectivity index (χ1) is 7.38. The molecule has 1 fully saturated rings. The van der Waals surface area contributed by atoms with Gasteiger partial charge in [-0.05, 0) is 38.0 Å². The molecule has 90 valence electrons. The number of ether oxygens (including phenoxy) is 1. The zero-order valence-electron chi connectivity index (χ0n) is 10.0. The average molecular weight is 277 g/mol. The van der Waals surface area contributed by atoms with E-state index < -0.39 is 0 Å². The number of halogens is 1. The fraction of sp³-hybridized carbons (Fsp3) is 1.00. The van der Waals surface area contributed by atoms with Gasteiger partial charge in [0.1, 0.15) is 0 Å². The molecule has 0 saturated heterocycles. The van der Waals surface area contributed by atoms with Crippen molar-refractivity contribution in [3.8, 4) is 0 Å². The molecule has 0 aromatic heterocycles. The van der Waals surface area contributed by atoms with Crippen molar-refractivity contribution < 1.29 is 4.74 Å². The summed E-state index contributed by atoms with van der Waals surface area (Å²) < 4.78 is 6.03. The lowest BCUT2D eigenvalue weighted by Gasteiger charge is -2.31. The predicted octanol–water partition coefficient (Wildman–Crippen LogP) is 4.54. The van der Waals surface area contributed by atoms with E-state index in [1.807, 2.05) is 0 Å². The van der Waals surface area contributed by atoms with Gasteiger partial charge in [-0.15, -0.1) is 0 Å². The van der Waals surface area contributed by atoms with Gasteiger partial charge in [0.05, 0.1) is 6.10 Å². The topological polar surface area (TPSA) is 9.23 Å². The summed E-state index contributed by atoms with van der Waals surface area (Å²) in [7, 11) is 0. The molecule has 2 atom stereocenters. The highest BCUT2D eigenvalue weighted by molar-refractivity contribution is 9.09. The van der Waals surface area contributed by atoms with E-state index in [0.717, 1.165) is 17.9 Å². The highest BCUT2D eigenvalue weighted by atomic mass is 79.9.